The molecule has 0 unspecified atom stereocenters. The van der Waals surface area contributed by atoms with E-state index in [1.807, 2.05) is 17.7 Å². The summed E-state index contributed by atoms with van der Waals surface area (Å²) in [5.74, 6) is 0.911. The van der Waals surface area contributed by atoms with E-state index < -0.39 is 0 Å². The lowest BCUT2D eigenvalue weighted by Crippen LogP contribution is -2.35. The van der Waals surface area contributed by atoms with Gasteiger partial charge >= 0.3 is 0 Å². The van der Waals surface area contributed by atoms with E-state index in [0.29, 0.717) is 18.0 Å². The van der Waals surface area contributed by atoms with Gasteiger partial charge < -0.3 is 9.84 Å². The van der Waals surface area contributed by atoms with Crippen LogP contribution in [-0.4, -0.2) is 32.1 Å². The second-order valence-corrected chi connectivity index (χ2v) is 8.82. The first-order valence-electron chi connectivity index (χ1n) is 8.83. The fourth-order valence-electron chi connectivity index (χ4n) is 3.82. The number of nitrogens with zero attached hydrogens (tertiary/aromatic N) is 2. The number of phenolic OH excluding ortho intramolecular Hbond substituents is 1. The highest BCUT2D eigenvalue weighted by Crippen LogP contribution is 2.45. The molecule has 2 aliphatic heterocycles. The molecule has 1 aromatic carbocycles. The van der Waals surface area contributed by atoms with Crippen molar-refractivity contribution in [2.24, 2.45) is 4.99 Å². The molecule has 2 N–H and O–H groups in total. The number of ether oxygens (including phenoxy) is 1. The number of nitrogens with one attached hydrogen (secondary N) is 1. The monoisotopic (exact) mass is 373 g/mol. The minimum Gasteiger partial charge on any atom is -0.508 e. The quantitative estimate of drug-likeness (QED) is 0.837. The highest BCUT2D eigenvalue weighted by Gasteiger charge is 2.35. The molecule has 0 saturated carbocycles. The Kier molecular flexibility index (Phi) is 4.23. The number of rotatable bonds is 2. The first-order valence-corrected chi connectivity index (χ1v) is 9.71. The molecule has 7 heteroatoms. The van der Waals surface area contributed by atoms with E-state index in [0.717, 1.165) is 23.4 Å². The van der Waals surface area contributed by atoms with Gasteiger partial charge in [-0.25, -0.2) is 4.99 Å². The van der Waals surface area contributed by atoms with Crippen LogP contribution in [0.5, 0.6) is 5.75 Å². The van der Waals surface area contributed by atoms with Crippen LogP contribution < -0.4 is 5.56 Å². The number of hydrogen-bond acceptors (Lipinski definition) is 5. The van der Waals surface area contributed by atoms with Gasteiger partial charge in [-0.05, 0) is 51.3 Å². The van der Waals surface area contributed by atoms with E-state index in [4.69, 9.17) is 9.73 Å². The van der Waals surface area contributed by atoms with Crippen molar-refractivity contribution in [2.45, 2.75) is 50.5 Å². The third kappa shape index (κ3) is 3.10. The summed E-state index contributed by atoms with van der Waals surface area (Å²) in [4.78, 5) is 17.5. The van der Waals surface area contributed by atoms with Gasteiger partial charge in [0.05, 0.1) is 27.5 Å². The van der Waals surface area contributed by atoms with Crippen molar-refractivity contribution in [1.29, 1.82) is 0 Å². The van der Waals surface area contributed by atoms with Gasteiger partial charge in [-0.15, -0.1) is 0 Å². The van der Waals surface area contributed by atoms with Crippen molar-refractivity contribution in [2.75, 3.05) is 6.61 Å². The molecule has 0 aliphatic carbocycles. The predicted molar refractivity (Wildman–Crippen MR) is 104 cm³/mol. The number of hydrogen-bond donors (Lipinski definition) is 2. The summed E-state index contributed by atoms with van der Waals surface area (Å²) in [6.45, 7) is 6.78. The summed E-state index contributed by atoms with van der Waals surface area (Å²) in [5.41, 5.74) is 1.24. The van der Waals surface area contributed by atoms with Crippen LogP contribution in [0, 0.1) is 0 Å². The number of benzene rings is 1. The zero-order chi connectivity index (χ0) is 18.5. The van der Waals surface area contributed by atoms with Crippen molar-refractivity contribution in [3.8, 4) is 5.75 Å². The number of aromatic hydroxyl groups is 1. The third-order valence-corrected chi connectivity index (χ3v) is 6.13. The Labute approximate surface area is 156 Å². The molecule has 1 fully saturated rings. The molecule has 138 valence electrons. The second-order valence-electron chi connectivity index (χ2n) is 7.53. The van der Waals surface area contributed by atoms with Crippen LogP contribution in [0.2, 0.25) is 0 Å². The number of phenols is 1. The van der Waals surface area contributed by atoms with E-state index in [1.165, 1.54) is 0 Å². The number of fused-ring (bicyclic) bond motifs is 1. The van der Waals surface area contributed by atoms with Gasteiger partial charge in [-0.1, -0.05) is 23.9 Å². The summed E-state index contributed by atoms with van der Waals surface area (Å²) in [6.07, 6.45) is 1.67. The molecular weight excluding hydrogens is 350 g/mol. The lowest BCUT2D eigenvalue weighted by molar-refractivity contribution is -0.0705. The minimum absolute atomic E-state index is 0.110. The van der Waals surface area contributed by atoms with Crippen molar-refractivity contribution in [1.82, 2.24) is 9.78 Å². The summed E-state index contributed by atoms with van der Waals surface area (Å²) < 4.78 is 7.75. The van der Waals surface area contributed by atoms with E-state index in [2.05, 4.69) is 18.9 Å². The van der Waals surface area contributed by atoms with Crippen molar-refractivity contribution in [3.63, 3.8) is 0 Å². The van der Waals surface area contributed by atoms with Gasteiger partial charge in [0.1, 0.15) is 5.75 Å². The van der Waals surface area contributed by atoms with E-state index in [-0.39, 0.29) is 28.2 Å². The molecule has 0 bridgehead atoms. The van der Waals surface area contributed by atoms with Crippen LogP contribution in [-0.2, 0) is 4.74 Å². The minimum atomic E-state index is -0.218. The lowest BCUT2D eigenvalue weighted by Gasteiger charge is -2.36. The zero-order valence-electron chi connectivity index (χ0n) is 15.2. The summed E-state index contributed by atoms with van der Waals surface area (Å²) >= 11 is 1.55. The standard InChI is InChI=1S/C19H23N3O3S/c1-11-20-17-15(16(26-11)12-5-4-6-14(23)9-12)18(24)21-22(17)13-7-8-25-19(2,3)10-13/h4-6,9,13,16,23H,7-8,10H2,1-3H3,(H,21,24)/t13-,16+/m1/s1. The molecule has 0 amide bonds. The molecule has 2 atom stereocenters. The molecule has 3 heterocycles. The highest BCUT2D eigenvalue weighted by atomic mass is 32.2. The smallest absolute Gasteiger partial charge is 0.271 e. The zero-order valence-corrected chi connectivity index (χ0v) is 16.0. The van der Waals surface area contributed by atoms with Gasteiger partial charge in [-0.3, -0.25) is 14.6 Å². The average Bonchev–Trinajstić information content (AvgIpc) is 2.90. The number of H-pyrrole nitrogens is 1. The molecule has 0 radical (unpaired) electrons. The molecular formula is C19H23N3O3S. The topological polar surface area (TPSA) is 79.6 Å². The van der Waals surface area contributed by atoms with Gasteiger partial charge in [0, 0.05) is 6.61 Å². The molecule has 1 aromatic heterocycles. The van der Waals surface area contributed by atoms with Crippen molar-refractivity contribution < 1.29 is 9.84 Å². The largest absolute Gasteiger partial charge is 0.508 e. The molecule has 2 aliphatic rings. The Morgan fingerprint density at radius 3 is 2.96 bits per heavy atom. The van der Waals surface area contributed by atoms with Gasteiger partial charge in [-0.2, -0.15) is 0 Å². The Morgan fingerprint density at radius 1 is 1.42 bits per heavy atom. The fourth-order valence-corrected chi connectivity index (χ4v) is 4.91. The van der Waals surface area contributed by atoms with Crippen molar-refractivity contribution >= 4 is 22.6 Å². The van der Waals surface area contributed by atoms with Gasteiger partial charge in [0.25, 0.3) is 5.56 Å². The number of thioether (sulfide) groups is 1. The Bertz CT molecular complexity index is 928. The maximum absolute atomic E-state index is 12.8. The maximum Gasteiger partial charge on any atom is 0.271 e. The molecule has 0 spiro atoms. The Balaban J connectivity index is 1.80. The van der Waals surface area contributed by atoms with Crippen LogP contribution >= 0.6 is 11.8 Å². The molecule has 2 aromatic rings. The number of aromatic nitrogens is 2. The van der Waals surface area contributed by atoms with E-state index >= 15 is 0 Å². The SMILES string of the molecule is CC1=Nc2c(c(=O)[nH]n2[C@@H]2CCOC(C)(C)C2)[C@H](c2cccc(O)c2)S1. The van der Waals surface area contributed by atoms with E-state index in [9.17, 15) is 9.90 Å². The van der Waals surface area contributed by atoms with Crippen LogP contribution in [0.25, 0.3) is 0 Å². The second kappa shape index (κ2) is 6.32. The Morgan fingerprint density at radius 2 is 2.23 bits per heavy atom. The van der Waals surface area contributed by atoms with Crippen molar-refractivity contribution in [3.05, 3.63) is 45.7 Å². The summed E-state index contributed by atoms with van der Waals surface area (Å²) in [5, 5.41) is 13.6. The van der Waals surface area contributed by atoms with Gasteiger partial charge in [0.15, 0.2) is 5.82 Å². The Hall–Kier alpha value is -1.99. The van der Waals surface area contributed by atoms with Crippen LogP contribution in [0.1, 0.15) is 56.0 Å². The average molecular weight is 373 g/mol. The highest BCUT2D eigenvalue weighted by molar-refractivity contribution is 8.14. The van der Waals surface area contributed by atoms with E-state index in [1.54, 1.807) is 30.0 Å². The van der Waals surface area contributed by atoms with Crippen LogP contribution in [0.4, 0.5) is 5.82 Å². The van der Waals surface area contributed by atoms with Gasteiger partial charge in [0.2, 0.25) is 0 Å². The lowest BCUT2D eigenvalue weighted by atomic mass is 9.94. The van der Waals surface area contributed by atoms with Crippen LogP contribution in [0.15, 0.2) is 34.1 Å². The molecule has 6 nitrogen and oxygen atoms in total. The molecule has 4 rings (SSSR count). The van der Waals surface area contributed by atoms with Crippen LogP contribution in [0.3, 0.4) is 0 Å². The summed E-state index contributed by atoms with van der Waals surface area (Å²) in [6, 6.07) is 7.25. The maximum atomic E-state index is 12.8. The third-order valence-electron chi connectivity index (χ3n) is 4.96. The number of aliphatic imine (C=N–C) groups is 1. The fraction of sp³-hybridized carbons (Fsp3) is 0.474. The predicted octanol–water partition coefficient (Wildman–Crippen LogP) is 3.90. The first kappa shape index (κ1) is 17.4. The molecule has 1 saturated heterocycles. The molecule has 26 heavy (non-hydrogen) atoms. The normalized spacial score (nSPS) is 24.8. The summed E-state index contributed by atoms with van der Waals surface area (Å²) in [7, 11) is 0. The number of aromatic amines is 1. The first-order chi connectivity index (χ1) is 12.3.